The van der Waals surface area contributed by atoms with Gasteiger partial charge in [-0.3, -0.25) is 9.59 Å². The molecule has 0 bridgehead atoms. The van der Waals surface area contributed by atoms with Crippen molar-refractivity contribution in [3.63, 3.8) is 0 Å². The summed E-state index contributed by atoms with van der Waals surface area (Å²) in [6, 6.07) is 0.0451. The first-order valence-electron chi connectivity index (χ1n) is 10.1. The lowest BCUT2D eigenvalue weighted by Crippen LogP contribution is -2.33. The Kier molecular flexibility index (Phi) is 10.2. The van der Waals surface area contributed by atoms with E-state index in [0.717, 1.165) is 32.1 Å². The number of carbonyl (C=O) groups excluding carboxylic acids is 1. The van der Waals surface area contributed by atoms with E-state index in [1.807, 2.05) is 37.8 Å². The summed E-state index contributed by atoms with van der Waals surface area (Å²) in [4.78, 5) is 24.5. The Morgan fingerprint density at radius 3 is 2.67 bits per heavy atom. The highest BCUT2D eigenvalue weighted by molar-refractivity contribution is 5.79. The predicted molar refractivity (Wildman–Crippen MR) is 107 cm³/mol. The number of carbonyl (C=O) groups is 2. The molecule has 152 valence electrons. The molecule has 1 fully saturated rings. The molecule has 0 radical (unpaired) electrons. The number of carboxylic acid groups (broad SMARTS) is 1. The fourth-order valence-electron chi connectivity index (χ4n) is 3.17. The second-order valence-corrected chi connectivity index (χ2v) is 7.95. The predicted octanol–water partition coefficient (Wildman–Crippen LogP) is 3.76. The number of rotatable bonds is 11. The molecule has 1 rings (SSSR count). The Labute approximate surface area is 163 Å². The highest BCUT2D eigenvalue weighted by atomic mass is 16.4. The standard InChI is InChI=1S/C22H35NO4/c1-4-5-9-16-22(2,3)19(24)14-12-18-13-15-20(25)23(18)17-10-7-6-8-11-21(26)27/h12,14,18-19,24H,4,6-8,10-11,13,15-17H2,1-3H3,(H,26,27). The van der Waals surface area contributed by atoms with Crippen molar-refractivity contribution in [3.05, 3.63) is 12.2 Å². The number of likely N-dealkylation sites (tertiary alicyclic amines) is 1. The maximum absolute atomic E-state index is 12.1. The number of unbranched alkanes of at least 4 members (excludes halogenated alkanes) is 3. The van der Waals surface area contributed by atoms with Crippen molar-refractivity contribution < 1.29 is 19.8 Å². The van der Waals surface area contributed by atoms with Crippen LogP contribution in [0.2, 0.25) is 0 Å². The van der Waals surface area contributed by atoms with Gasteiger partial charge in [-0.1, -0.05) is 45.8 Å². The van der Waals surface area contributed by atoms with Gasteiger partial charge in [-0.15, -0.1) is 11.8 Å². The van der Waals surface area contributed by atoms with Crippen molar-refractivity contribution >= 4 is 11.9 Å². The number of nitrogens with zero attached hydrogens (tertiary/aromatic N) is 1. The summed E-state index contributed by atoms with van der Waals surface area (Å²) in [5.74, 6) is 5.56. The van der Waals surface area contributed by atoms with Gasteiger partial charge in [0.15, 0.2) is 0 Å². The van der Waals surface area contributed by atoms with Gasteiger partial charge in [0, 0.05) is 37.6 Å². The quantitative estimate of drug-likeness (QED) is 0.326. The molecule has 1 amide bonds. The molecule has 1 heterocycles. The maximum atomic E-state index is 12.1. The Morgan fingerprint density at radius 1 is 1.30 bits per heavy atom. The van der Waals surface area contributed by atoms with Gasteiger partial charge in [0.1, 0.15) is 0 Å². The zero-order chi connectivity index (χ0) is 20.3. The molecule has 0 aliphatic carbocycles. The molecule has 5 heteroatoms. The van der Waals surface area contributed by atoms with Crippen molar-refractivity contribution in [2.24, 2.45) is 5.41 Å². The summed E-state index contributed by atoms with van der Waals surface area (Å²) in [7, 11) is 0. The Hall–Kier alpha value is -1.80. The molecular weight excluding hydrogens is 342 g/mol. The molecule has 27 heavy (non-hydrogen) atoms. The fourth-order valence-corrected chi connectivity index (χ4v) is 3.17. The molecule has 1 aliphatic heterocycles. The Bertz CT molecular complexity index is 571. The summed E-state index contributed by atoms with van der Waals surface area (Å²) in [6.07, 6.45) is 9.57. The van der Waals surface area contributed by atoms with Crippen LogP contribution < -0.4 is 0 Å². The van der Waals surface area contributed by atoms with Crippen LogP contribution in [0.25, 0.3) is 0 Å². The number of amides is 1. The van der Waals surface area contributed by atoms with Gasteiger partial charge in [0.25, 0.3) is 0 Å². The largest absolute Gasteiger partial charge is 0.481 e. The van der Waals surface area contributed by atoms with E-state index in [4.69, 9.17) is 5.11 Å². The van der Waals surface area contributed by atoms with E-state index in [1.165, 1.54) is 0 Å². The van der Waals surface area contributed by atoms with E-state index in [0.29, 0.717) is 25.8 Å². The molecule has 0 spiro atoms. The second-order valence-electron chi connectivity index (χ2n) is 7.95. The van der Waals surface area contributed by atoms with Crippen LogP contribution in [0.5, 0.6) is 0 Å². The highest BCUT2D eigenvalue weighted by Crippen LogP contribution is 2.27. The van der Waals surface area contributed by atoms with E-state index in [1.54, 1.807) is 0 Å². The molecule has 2 unspecified atom stereocenters. The van der Waals surface area contributed by atoms with Crippen molar-refractivity contribution in [2.45, 2.75) is 90.7 Å². The Morgan fingerprint density at radius 2 is 2.00 bits per heavy atom. The van der Waals surface area contributed by atoms with Crippen LogP contribution in [0.4, 0.5) is 0 Å². The molecule has 2 N–H and O–H groups in total. The van der Waals surface area contributed by atoms with Crippen LogP contribution in [0, 0.1) is 17.3 Å². The van der Waals surface area contributed by atoms with E-state index < -0.39 is 12.1 Å². The number of hydrogen-bond donors (Lipinski definition) is 2. The smallest absolute Gasteiger partial charge is 0.303 e. The van der Waals surface area contributed by atoms with Crippen LogP contribution in [0.3, 0.4) is 0 Å². The minimum Gasteiger partial charge on any atom is -0.481 e. The third-order valence-electron chi connectivity index (χ3n) is 5.08. The lowest BCUT2D eigenvalue weighted by molar-refractivity contribution is -0.137. The number of aliphatic hydroxyl groups excluding tert-OH is 1. The van der Waals surface area contributed by atoms with Crippen LogP contribution in [0.1, 0.15) is 78.6 Å². The van der Waals surface area contributed by atoms with Crippen LogP contribution in [0.15, 0.2) is 12.2 Å². The van der Waals surface area contributed by atoms with Crippen molar-refractivity contribution in [1.29, 1.82) is 0 Å². The SMILES string of the molecule is CCC#CCC(C)(C)C(O)C=CC1CCC(=O)N1CCCCCCC(=O)O. The Balaban J connectivity index is 2.48. The number of aliphatic hydroxyl groups is 1. The summed E-state index contributed by atoms with van der Waals surface area (Å²) in [5.41, 5.74) is -0.323. The van der Waals surface area contributed by atoms with Gasteiger partial charge >= 0.3 is 5.97 Å². The van der Waals surface area contributed by atoms with Crippen LogP contribution in [-0.2, 0) is 9.59 Å². The first kappa shape index (κ1) is 23.2. The summed E-state index contributed by atoms with van der Waals surface area (Å²) >= 11 is 0. The normalized spacial score (nSPS) is 18.6. The molecule has 1 saturated heterocycles. The van der Waals surface area contributed by atoms with Gasteiger partial charge < -0.3 is 15.1 Å². The van der Waals surface area contributed by atoms with Crippen molar-refractivity contribution in [2.75, 3.05) is 6.54 Å². The van der Waals surface area contributed by atoms with Crippen molar-refractivity contribution in [3.8, 4) is 11.8 Å². The van der Waals surface area contributed by atoms with Gasteiger partial charge in [0.2, 0.25) is 5.91 Å². The zero-order valence-corrected chi connectivity index (χ0v) is 17.0. The molecular formula is C22H35NO4. The van der Waals surface area contributed by atoms with E-state index in [9.17, 15) is 14.7 Å². The molecule has 5 nitrogen and oxygen atoms in total. The number of aliphatic carboxylic acids is 1. The molecule has 0 aromatic carbocycles. The lowest BCUT2D eigenvalue weighted by atomic mass is 9.83. The average molecular weight is 378 g/mol. The lowest BCUT2D eigenvalue weighted by Gasteiger charge is -2.27. The van der Waals surface area contributed by atoms with Gasteiger partial charge in [-0.25, -0.2) is 0 Å². The minimum absolute atomic E-state index is 0.0451. The third kappa shape index (κ3) is 8.62. The molecule has 1 aliphatic rings. The van der Waals surface area contributed by atoms with E-state index in [-0.39, 0.29) is 23.8 Å². The van der Waals surface area contributed by atoms with E-state index >= 15 is 0 Å². The second kappa shape index (κ2) is 11.8. The average Bonchev–Trinajstić information content (AvgIpc) is 2.95. The third-order valence-corrected chi connectivity index (χ3v) is 5.08. The summed E-state index contributed by atoms with van der Waals surface area (Å²) in [6.45, 7) is 6.71. The molecule has 2 atom stereocenters. The zero-order valence-electron chi connectivity index (χ0n) is 17.0. The van der Waals surface area contributed by atoms with Gasteiger partial charge in [0.05, 0.1) is 12.1 Å². The van der Waals surface area contributed by atoms with E-state index in [2.05, 4.69) is 11.8 Å². The fraction of sp³-hybridized carbons (Fsp3) is 0.727. The number of hydrogen-bond acceptors (Lipinski definition) is 3. The van der Waals surface area contributed by atoms with Crippen LogP contribution >= 0.6 is 0 Å². The van der Waals surface area contributed by atoms with Crippen molar-refractivity contribution in [1.82, 2.24) is 4.90 Å². The topological polar surface area (TPSA) is 77.8 Å². The molecule has 0 saturated carbocycles. The van der Waals surface area contributed by atoms with Gasteiger partial charge in [-0.05, 0) is 19.3 Å². The summed E-state index contributed by atoms with van der Waals surface area (Å²) < 4.78 is 0. The first-order valence-corrected chi connectivity index (χ1v) is 10.1. The number of carboxylic acids is 1. The molecule has 0 aromatic rings. The highest BCUT2D eigenvalue weighted by Gasteiger charge is 2.30. The first-order chi connectivity index (χ1) is 12.8. The van der Waals surface area contributed by atoms with Crippen LogP contribution in [-0.4, -0.2) is 45.7 Å². The summed E-state index contributed by atoms with van der Waals surface area (Å²) in [5, 5.41) is 19.1. The maximum Gasteiger partial charge on any atom is 0.303 e. The monoisotopic (exact) mass is 377 g/mol. The van der Waals surface area contributed by atoms with Gasteiger partial charge in [-0.2, -0.15) is 0 Å². The minimum atomic E-state index is -0.753. The molecule has 0 aromatic heterocycles.